The van der Waals surface area contributed by atoms with Crippen molar-refractivity contribution in [2.45, 2.75) is 27.3 Å². The minimum absolute atomic E-state index is 0.0117. The lowest BCUT2D eigenvalue weighted by molar-refractivity contribution is -0.136. The molecule has 0 aliphatic heterocycles. The fourth-order valence-electron chi connectivity index (χ4n) is 1.54. The van der Waals surface area contributed by atoms with E-state index < -0.39 is 0 Å². The lowest BCUT2D eigenvalue weighted by atomic mass is 10.3. The van der Waals surface area contributed by atoms with Crippen LogP contribution in [0.5, 0.6) is 0 Å². The van der Waals surface area contributed by atoms with Crippen molar-refractivity contribution in [3.63, 3.8) is 0 Å². The van der Waals surface area contributed by atoms with Crippen molar-refractivity contribution in [1.29, 1.82) is 0 Å². The van der Waals surface area contributed by atoms with Gasteiger partial charge in [-0.05, 0) is 32.9 Å². The fraction of sp³-hybridized carbons (Fsp3) is 0.538. The van der Waals surface area contributed by atoms with Crippen LogP contribution in [0.4, 0.5) is 0 Å². The van der Waals surface area contributed by atoms with Crippen molar-refractivity contribution in [2.24, 2.45) is 0 Å². The summed E-state index contributed by atoms with van der Waals surface area (Å²) in [5.74, 6) is 0.0117. The molecule has 0 aliphatic carbocycles. The van der Waals surface area contributed by atoms with Gasteiger partial charge in [-0.25, -0.2) is 0 Å². The SMILES string of the molecule is CCOCC(=O)N(CC)Cc1cccc(C)n1. The molecule has 0 aliphatic rings. The monoisotopic (exact) mass is 236 g/mol. The molecule has 0 N–H and O–H groups in total. The third-order valence-electron chi connectivity index (χ3n) is 2.46. The van der Waals surface area contributed by atoms with Gasteiger partial charge in [0, 0.05) is 18.8 Å². The molecule has 94 valence electrons. The summed E-state index contributed by atoms with van der Waals surface area (Å²) in [7, 11) is 0. The Morgan fingerprint density at radius 3 is 2.76 bits per heavy atom. The quantitative estimate of drug-likeness (QED) is 0.756. The Balaban J connectivity index is 2.60. The maximum absolute atomic E-state index is 11.8. The van der Waals surface area contributed by atoms with Gasteiger partial charge in [0.1, 0.15) is 6.61 Å². The van der Waals surface area contributed by atoms with E-state index in [9.17, 15) is 4.79 Å². The lowest BCUT2D eigenvalue weighted by Gasteiger charge is -2.20. The second kappa shape index (κ2) is 7.01. The van der Waals surface area contributed by atoms with Crippen LogP contribution in [-0.4, -0.2) is 35.5 Å². The van der Waals surface area contributed by atoms with E-state index in [1.807, 2.05) is 39.0 Å². The molecule has 1 aromatic heterocycles. The summed E-state index contributed by atoms with van der Waals surface area (Å²) < 4.78 is 5.13. The van der Waals surface area contributed by atoms with E-state index in [1.54, 1.807) is 4.90 Å². The summed E-state index contributed by atoms with van der Waals surface area (Å²) in [6, 6.07) is 5.84. The van der Waals surface area contributed by atoms with E-state index in [1.165, 1.54) is 0 Å². The summed E-state index contributed by atoms with van der Waals surface area (Å²) in [4.78, 5) is 17.9. The van der Waals surface area contributed by atoms with Gasteiger partial charge in [0.05, 0.1) is 12.2 Å². The van der Waals surface area contributed by atoms with Crippen molar-refractivity contribution in [1.82, 2.24) is 9.88 Å². The Bertz CT molecular complexity index is 366. The summed E-state index contributed by atoms with van der Waals surface area (Å²) in [5, 5.41) is 0. The number of nitrogens with zero attached hydrogens (tertiary/aromatic N) is 2. The first-order valence-corrected chi connectivity index (χ1v) is 5.95. The highest BCUT2D eigenvalue weighted by atomic mass is 16.5. The number of aromatic nitrogens is 1. The molecule has 1 heterocycles. The van der Waals surface area contributed by atoms with Crippen LogP contribution in [0.2, 0.25) is 0 Å². The van der Waals surface area contributed by atoms with Gasteiger partial charge < -0.3 is 9.64 Å². The number of carbonyl (C=O) groups is 1. The minimum Gasteiger partial charge on any atom is -0.372 e. The molecule has 0 saturated carbocycles. The predicted molar refractivity (Wildman–Crippen MR) is 66.6 cm³/mol. The molecule has 0 unspecified atom stereocenters. The summed E-state index contributed by atoms with van der Waals surface area (Å²) in [5.41, 5.74) is 1.88. The van der Waals surface area contributed by atoms with Gasteiger partial charge in [-0.2, -0.15) is 0 Å². The molecule has 0 saturated heterocycles. The standard InChI is InChI=1S/C13H20N2O2/c1-4-15(13(16)10-17-5-2)9-12-8-6-7-11(3)14-12/h6-8H,4-5,9-10H2,1-3H3. The van der Waals surface area contributed by atoms with E-state index in [-0.39, 0.29) is 12.5 Å². The number of amides is 1. The van der Waals surface area contributed by atoms with E-state index >= 15 is 0 Å². The third-order valence-corrected chi connectivity index (χ3v) is 2.46. The maximum atomic E-state index is 11.8. The smallest absolute Gasteiger partial charge is 0.248 e. The highest BCUT2D eigenvalue weighted by molar-refractivity contribution is 5.77. The molecule has 17 heavy (non-hydrogen) atoms. The number of pyridine rings is 1. The zero-order chi connectivity index (χ0) is 12.7. The summed E-state index contributed by atoms with van der Waals surface area (Å²) >= 11 is 0. The molecule has 1 aromatic rings. The number of ether oxygens (including phenoxy) is 1. The normalized spacial score (nSPS) is 10.3. The number of carbonyl (C=O) groups excluding carboxylic acids is 1. The summed E-state index contributed by atoms with van der Waals surface area (Å²) in [6.07, 6.45) is 0. The van der Waals surface area contributed by atoms with Crippen molar-refractivity contribution in [3.05, 3.63) is 29.6 Å². The summed E-state index contributed by atoms with van der Waals surface area (Å²) in [6.45, 7) is 7.71. The molecular weight excluding hydrogens is 216 g/mol. The number of hydrogen-bond acceptors (Lipinski definition) is 3. The van der Waals surface area contributed by atoms with E-state index in [0.717, 1.165) is 11.4 Å². The largest absolute Gasteiger partial charge is 0.372 e. The zero-order valence-electron chi connectivity index (χ0n) is 10.8. The van der Waals surface area contributed by atoms with Crippen LogP contribution in [0.3, 0.4) is 0 Å². The Hall–Kier alpha value is -1.42. The first-order valence-electron chi connectivity index (χ1n) is 5.95. The van der Waals surface area contributed by atoms with Gasteiger partial charge in [0.25, 0.3) is 0 Å². The van der Waals surface area contributed by atoms with Gasteiger partial charge in [0.15, 0.2) is 0 Å². The molecule has 0 bridgehead atoms. The second-order valence-corrected chi connectivity index (χ2v) is 3.82. The molecule has 0 fully saturated rings. The molecule has 4 nitrogen and oxygen atoms in total. The third kappa shape index (κ3) is 4.53. The number of likely N-dealkylation sites (N-methyl/N-ethyl adjacent to an activating group) is 1. The Kier molecular flexibility index (Phi) is 5.63. The first kappa shape index (κ1) is 13.6. The van der Waals surface area contributed by atoms with Crippen LogP contribution in [0.15, 0.2) is 18.2 Å². The highest BCUT2D eigenvalue weighted by Crippen LogP contribution is 2.03. The molecule has 1 rings (SSSR count). The molecule has 0 radical (unpaired) electrons. The number of aryl methyl sites for hydroxylation is 1. The Morgan fingerprint density at radius 1 is 1.41 bits per heavy atom. The average molecular weight is 236 g/mol. The van der Waals surface area contributed by atoms with Gasteiger partial charge >= 0.3 is 0 Å². The van der Waals surface area contributed by atoms with E-state index in [2.05, 4.69) is 4.98 Å². The minimum atomic E-state index is 0.0117. The molecular formula is C13H20N2O2. The Morgan fingerprint density at radius 2 is 2.18 bits per heavy atom. The zero-order valence-corrected chi connectivity index (χ0v) is 10.8. The van der Waals surface area contributed by atoms with Gasteiger partial charge in [-0.1, -0.05) is 6.07 Å². The van der Waals surface area contributed by atoms with Crippen LogP contribution in [0.1, 0.15) is 25.2 Å². The van der Waals surface area contributed by atoms with E-state index in [0.29, 0.717) is 19.7 Å². The topological polar surface area (TPSA) is 42.4 Å². The van der Waals surface area contributed by atoms with Crippen molar-refractivity contribution in [2.75, 3.05) is 19.8 Å². The predicted octanol–water partition coefficient (Wildman–Crippen LogP) is 1.78. The van der Waals surface area contributed by atoms with Crippen LogP contribution < -0.4 is 0 Å². The molecule has 0 spiro atoms. The maximum Gasteiger partial charge on any atom is 0.248 e. The molecule has 0 atom stereocenters. The van der Waals surface area contributed by atoms with Gasteiger partial charge in [0.2, 0.25) is 5.91 Å². The lowest BCUT2D eigenvalue weighted by Crippen LogP contribution is -2.33. The van der Waals surface area contributed by atoms with Crippen LogP contribution in [0, 0.1) is 6.92 Å². The molecule has 1 amide bonds. The Labute approximate surface area is 103 Å². The van der Waals surface area contributed by atoms with Crippen LogP contribution in [0.25, 0.3) is 0 Å². The van der Waals surface area contributed by atoms with Crippen molar-refractivity contribution < 1.29 is 9.53 Å². The molecule has 4 heteroatoms. The number of rotatable bonds is 6. The van der Waals surface area contributed by atoms with Crippen molar-refractivity contribution in [3.8, 4) is 0 Å². The fourth-order valence-corrected chi connectivity index (χ4v) is 1.54. The first-order chi connectivity index (χ1) is 8.17. The average Bonchev–Trinajstić information content (AvgIpc) is 2.33. The highest BCUT2D eigenvalue weighted by Gasteiger charge is 2.12. The van der Waals surface area contributed by atoms with Crippen molar-refractivity contribution >= 4 is 5.91 Å². The second-order valence-electron chi connectivity index (χ2n) is 3.82. The molecule has 0 aromatic carbocycles. The van der Waals surface area contributed by atoms with Gasteiger partial charge in [-0.3, -0.25) is 9.78 Å². The van der Waals surface area contributed by atoms with Crippen LogP contribution >= 0.6 is 0 Å². The van der Waals surface area contributed by atoms with Gasteiger partial charge in [-0.15, -0.1) is 0 Å². The van der Waals surface area contributed by atoms with Crippen LogP contribution in [-0.2, 0) is 16.1 Å². The number of hydrogen-bond donors (Lipinski definition) is 0. The van der Waals surface area contributed by atoms with E-state index in [4.69, 9.17) is 4.74 Å².